The van der Waals surface area contributed by atoms with E-state index in [9.17, 15) is 0 Å². The standard InChI is InChI=1S/C15H29N3O2/c1-17-8-9-18(7-2-14-12-19-10-11-20-14)13-15(17)3-5-16-6-4-15/h14,16H,2-13H2,1H3. The summed E-state index contributed by atoms with van der Waals surface area (Å²) in [5.74, 6) is 0. The van der Waals surface area contributed by atoms with E-state index in [0.29, 0.717) is 11.6 Å². The van der Waals surface area contributed by atoms with Crippen LogP contribution >= 0.6 is 0 Å². The van der Waals surface area contributed by atoms with Crippen molar-refractivity contribution < 1.29 is 9.47 Å². The lowest BCUT2D eigenvalue weighted by Crippen LogP contribution is -2.64. The molecule has 3 rings (SSSR count). The lowest BCUT2D eigenvalue weighted by molar-refractivity contribution is -0.0955. The summed E-state index contributed by atoms with van der Waals surface area (Å²) in [4.78, 5) is 5.24. The second-order valence-corrected chi connectivity index (χ2v) is 6.53. The van der Waals surface area contributed by atoms with E-state index in [1.807, 2.05) is 0 Å². The van der Waals surface area contributed by atoms with Gasteiger partial charge in [-0.2, -0.15) is 0 Å². The SMILES string of the molecule is CN1CCN(CCC2COCCO2)CC12CCNCC2. The highest BCUT2D eigenvalue weighted by atomic mass is 16.6. The minimum Gasteiger partial charge on any atom is -0.376 e. The van der Waals surface area contributed by atoms with Gasteiger partial charge in [-0.25, -0.2) is 0 Å². The number of nitrogens with zero attached hydrogens (tertiary/aromatic N) is 2. The maximum atomic E-state index is 5.76. The fourth-order valence-electron chi connectivity index (χ4n) is 3.80. The average Bonchev–Trinajstić information content (AvgIpc) is 2.51. The Bertz CT molecular complexity index is 301. The highest BCUT2D eigenvalue weighted by Crippen LogP contribution is 2.29. The van der Waals surface area contributed by atoms with Crippen molar-refractivity contribution in [2.75, 3.05) is 66.1 Å². The molecule has 0 aromatic heterocycles. The molecule has 0 radical (unpaired) electrons. The minimum absolute atomic E-state index is 0.312. The summed E-state index contributed by atoms with van der Waals surface area (Å²) in [7, 11) is 2.31. The van der Waals surface area contributed by atoms with Crippen molar-refractivity contribution in [3.8, 4) is 0 Å². The van der Waals surface area contributed by atoms with Crippen molar-refractivity contribution in [1.82, 2.24) is 15.1 Å². The van der Waals surface area contributed by atoms with Crippen LogP contribution in [0.25, 0.3) is 0 Å². The zero-order valence-corrected chi connectivity index (χ0v) is 12.8. The summed E-state index contributed by atoms with van der Waals surface area (Å²) in [5.41, 5.74) is 0.410. The summed E-state index contributed by atoms with van der Waals surface area (Å²) in [6.07, 6.45) is 3.98. The number of nitrogens with one attached hydrogen (secondary N) is 1. The van der Waals surface area contributed by atoms with Gasteiger partial charge in [0.15, 0.2) is 0 Å². The van der Waals surface area contributed by atoms with E-state index in [-0.39, 0.29) is 0 Å². The Morgan fingerprint density at radius 2 is 2.05 bits per heavy atom. The molecular formula is C15H29N3O2. The van der Waals surface area contributed by atoms with E-state index >= 15 is 0 Å². The molecular weight excluding hydrogens is 254 g/mol. The van der Waals surface area contributed by atoms with E-state index < -0.39 is 0 Å². The van der Waals surface area contributed by atoms with Crippen LogP contribution in [0.15, 0.2) is 0 Å². The van der Waals surface area contributed by atoms with Crippen LogP contribution in [-0.2, 0) is 9.47 Å². The van der Waals surface area contributed by atoms with Crippen LogP contribution in [0.2, 0.25) is 0 Å². The van der Waals surface area contributed by atoms with Gasteiger partial charge >= 0.3 is 0 Å². The molecule has 1 atom stereocenters. The number of hydrogen-bond acceptors (Lipinski definition) is 5. The summed E-state index contributed by atoms with van der Waals surface area (Å²) >= 11 is 0. The van der Waals surface area contributed by atoms with Gasteiger partial charge in [-0.1, -0.05) is 0 Å². The third-order valence-electron chi connectivity index (χ3n) is 5.27. The van der Waals surface area contributed by atoms with Crippen molar-refractivity contribution in [3.05, 3.63) is 0 Å². The van der Waals surface area contributed by atoms with Crippen molar-refractivity contribution in [3.63, 3.8) is 0 Å². The monoisotopic (exact) mass is 283 g/mol. The van der Waals surface area contributed by atoms with Gasteiger partial charge in [0.05, 0.1) is 25.9 Å². The van der Waals surface area contributed by atoms with Crippen LogP contribution < -0.4 is 5.32 Å². The Labute approximate surface area is 122 Å². The number of ether oxygens (including phenoxy) is 2. The van der Waals surface area contributed by atoms with Gasteiger partial charge in [0, 0.05) is 31.7 Å². The Morgan fingerprint density at radius 3 is 2.80 bits per heavy atom. The zero-order valence-electron chi connectivity index (χ0n) is 12.8. The van der Waals surface area contributed by atoms with Crippen molar-refractivity contribution in [2.45, 2.75) is 30.9 Å². The number of rotatable bonds is 3. The Hall–Kier alpha value is -0.200. The highest BCUT2D eigenvalue weighted by Gasteiger charge is 2.40. The first-order chi connectivity index (χ1) is 9.78. The summed E-state index contributed by atoms with van der Waals surface area (Å²) in [6, 6.07) is 0. The molecule has 1 unspecified atom stereocenters. The molecule has 3 saturated heterocycles. The van der Waals surface area contributed by atoms with Gasteiger partial charge in [-0.15, -0.1) is 0 Å². The first-order valence-electron chi connectivity index (χ1n) is 8.12. The zero-order chi connectivity index (χ0) is 13.8. The molecule has 0 aliphatic carbocycles. The van der Waals surface area contributed by atoms with Gasteiger partial charge < -0.3 is 19.7 Å². The smallest absolute Gasteiger partial charge is 0.0821 e. The van der Waals surface area contributed by atoms with Crippen LogP contribution in [0.3, 0.4) is 0 Å². The molecule has 5 nitrogen and oxygen atoms in total. The molecule has 1 spiro atoms. The van der Waals surface area contributed by atoms with Crippen molar-refractivity contribution in [2.24, 2.45) is 0 Å². The second-order valence-electron chi connectivity index (χ2n) is 6.53. The molecule has 0 bridgehead atoms. The molecule has 5 heteroatoms. The van der Waals surface area contributed by atoms with Gasteiger partial charge in [-0.05, 0) is 39.4 Å². The minimum atomic E-state index is 0.312. The number of likely N-dealkylation sites (N-methyl/N-ethyl adjacent to an activating group) is 1. The molecule has 116 valence electrons. The first-order valence-corrected chi connectivity index (χ1v) is 8.12. The molecule has 3 aliphatic rings. The maximum Gasteiger partial charge on any atom is 0.0821 e. The molecule has 0 aromatic carbocycles. The lowest BCUT2D eigenvalue weighted by Gasteiger charge is -2.51. The Kier molecular flexibility index (Phi) is 4.94. The van der Waals surface area contributed by atoms with Gasteiger partial charge in [-0.3, -0.25) is 4.90 Å². The Morgan fingerprint density at radius 1 is 1.20 bits per heavy atom. The van der Waals surface area contributed by atoms with Crippen molar-refractivity contribution >= 4 is 0 Å². The third kappa shape index (κ3) is 3.34. The first kappa shape index (κ1) is 14.7. The molecule has 0 saturated carbocycles. The summed E-state index contributed by atoms with van der Waals surface area (Å²) < 4.78 is 11.2. The second kappa shape index (κ2) is 6.71. The van der Waals surface area contributed by atoms with Gasteiger partial charge in [0.1, 0.15) is 0 Å². The maximum absolute atomic E-state index is 5.76. The number of piperidine rings is 1. The normalized spacial score (nSPS) is 32.5. The fraction of sp³-hybridized carbons (Fsp3) is 1.00. The predicted octanol–water partition coefficient (Wildman–Crippen LogP) is 0.162. The van der Waals surface area contributed by atoms with Gasteiger partial charge in [0.2, 0.25) is 0 Å². The van der Waals surface area contributed by atoms with Crippen molar-refractivity contribution in [1.29, 1.82) is 0 Å². The van der Waals surface area contributed by atoms with E-state index in [1.165, 1.54) is 32.5 Å². The highest BCUT2D eigenvalue weighted by molar-refractivity contribution is 4.98. The van der Waals surface area contributed by atoms with E-state index in [1.54, 1.807) is 0 Å². The summed E-state index contributed by atoms with van der Waals surface area (Å²) in [6.45, 7) is 9.40. The summed E-state index contributed by atoms with van der Waals surface area (Å²) in [5, 5.41) is 3.49. The quantitative estimate of drug-likeness (QED) is 0.799. The van der Waals surface area contributed by atoms with Gasteiger partial charge in [0.25, 0.3) is 0 Å². The lowest BCUT2D eigenvalue weighted by atomic mass is 9.84. The average molecular weight is 283 g/mol. The molecule has 3 heterocycles. The van der Waals surface area contributed by atoms with E-state index in [4.69, 9.17) is 9.47 Å². The van der Waals surface area contributed by atoms with Crippen LogP contribution in [0, 0.1) is 0 Å². The van der Waals surface area contributed by atoms with Crippen LogP contribution in [0.5, 0.6) is 0 Å². The molecule has 3 aliphatic heterocycles. The number of hydrogen-bond donors (Lipinski definition) is 1. The predicted molar refractivity (Wildman–Crippen MR) is 79.1 cm³/mol. The Balaban J connectivity index is 1.50. The van der Waals surface area contributed by atoms with Crippen LogP contribution in [0.1, 0.15) is 19.3 Å². The topological polar surface area (TPSA) is 37.0 Å². The van der Waals surface area contributed by atoms with E-state index in [0.717, 1.165) is 45.9 Å². The number of piperazine rings is 1. The van der Waals surface area contributed by atoms with E-state index in [2.05, 4.69) is 22.2 Å². The molecule has 3 fully saturated rings. The third-order valence-corrected chi connectivity index (χ3v) is 5.27. The molecule has 0 amide bonds. The van der Waals surface area contributed by atoms with Crippen LogP contribution in [0.4, 0.5) is 0 Å². The largest absolute Gasteiger partial charge is 0.376 e. The molecule has 0 aromatic rings. The van der Waals surface area contributed by atoms with Crippen LogP contribution in [-0.4, -0.2) is 87.6 Å². The molecule has 20 heavy (non-hydrogen) atoms. The fourth-order valence-corrected chi connectivity index (χ4v) is 3.80. The molecule has 1 N–H and O–H groups in total.